The van der Waals surface area contributed by atoms with E-state index in [0.717, 1.165) is 39.3 Å². The number of fused-ring (bicyclic) bond motifs is 2. The summed E-state index contributed by atoms with van der Waals surface area (Å²) in [6.45, 7) is 4.17. The second-order valence-electron chi connectivity index (χ2n) is 10.5. The fourth-order valence-corrected chi connectivity index (χ4v) is 5.80. The van der Waals surface area contributed by atoms with Crippen LogP contribution in [-0.2, 0) is 5.41 Å². The summed E-state index contributed by atoms with van der Waals surface area (Å²) in [5, 5.41) is 2.38. The van der Waals surface area contributed by atoms with Crippen LogP contribution in [0.4, 0.5) is 0 Å². The highest BCUT2D eigenvalue weighted by Gasteiger charge is 2.47. The van der Waals surface area contributed by atoms with Crippen molar-refractivity contribution in [2.45, 2.75) is 19.3 Å². The number of hydrogen-bond donors (Lipinski definition) is 0. The maximum atomic E-state index is 6.65. The van der Waals surface area contributed by atoms with E-state index in [4.69, 9.17) is 19.7 Å². The molecule has 0 saturated carbocycles. The molecule has 2 heterocycles. The molecule has 0 aliphatic carbocycles. The number of hydrogen-bond acceptors (Lipinski definition) is 4. The molecule has 0 fully saturated rings. The van der Waals surface area contributed by atoms with Crippen LogP contribution in [0.25, 0.3) is 44.7 Å². The molecule has 0 spiro atoms. The van der Waals surface area contributed by atoms with Gasteiger partial charge in [0.25, 0.3) is 0 Å². The van der Waals surface area contributed by atoms with Crippen LogP contribution in [-0.4, -0.2) is 15.0 Å². The molecule has 42 heavy (non-hydrogen) atoms. The Bertz CT molecular complexity index is 1920. The van der Waals surface area contributed by atoms with Crippen molar-refractivity contribution in [2.24, 2.45) is 0 Å². The second-order valence-corrected chi connectivity index (χ2v) is 10.5. The van der Waals surface area contributed by atoms with Crippen LogP contribution in [0.1, 0.15) is 25.2 Å². The zero-order valence-corrected chi connectivity index (χ0v) is 23.5. The standard InChI is InChI=1S/C38H29N3O/c1-3-4-25-33-38(2,34-31(23-14-24-32(34)42-33)30-22-13-20-26-15-11-12-21-29(26)30)37-40-35(27-16-7-5-8-17-27)39-36(41-37)28-18-9-6-10-19-28/h3-25H,1-2H3/b4-3-,33-25+. The van der Waals surface area contributed by atoms with Gasteiger partial charge in [0.2, 0.25) is 0 Å². The Morgan fingerprint density at radius 3 is 1.90 bits per heavy atom. The van der Waals surface area contributed by atoms with Gasteiger partial charge in [-0.2, -0.15) is 0 Å². The molecule has 1 aromatic heterocycles. The van der Waals surface area contributed by atoms with E-state index in [9.17, 15) is 0 Å². The number of benzene rings is 5. The summed E-state index contributed by atoms with van der Waals surface area (Å²) in [7, 11) is 0. The van der Waals surface area contributed by atoms with E-state index in [-0.39, 0.29) is 0 Å². The van der Waals surface area contributed by atoms with Crippen molar-refractivity contribution in [3.05, 3.63) is 157 Å². The molecule has 0 N–H and O–H groups in total. The van der Waals surface area contributed by atoms with Gasteiger partial charge in [0.05, 0.1) is 0 Å². The van der Waals surface area contributed by atoms with Crippen LogP contribution in [0.2, 0.25) is 0 Å². The predicted molar refractivity (Wildman–Crippen MR) is 170 cm³/mol. The van der Waals surface area contributed by atoms with Gasteiger partial charge in [-0.05, 0) is 47.9 Å². The summed E-state index contributed by atoms with van der Waals surface area (Å²) in [4.78, 5) is 15.3. The molecule has 5 aromatic carbocycles. The second kappa shape index (κ2) is 10.6. The minimum atomic E-state index is -0.793. The molecular weight excluding hydrogens is 514 g/mol. The maximum absolute atomic E-state index is 6.65. The number of aromatic nitrogens is 3. The Hall–Kier alpha value is -5.35. The van der Waals surface area contributed by atoms with Gasteiger partial charge in [-0.3, -0.25) is 0 Å². The SMILES string of the molecule is C/C=C\C=C1\Oc2cccc(-c3cccc4ccccc34)c2C1(C)c1nc(-c2ccccc2)nc(-c2ccccc2)n1. The Morgan fingerprint density at radius 2 is 1.21 bits per heavy atom. The molecule has 1 aliphatic heterocycles. The Labute approximate surface area is 245 Å². The molecule has 1 atom stereocenters. The third-order valence-corrected chi connectivity index (χ3v) is 7.91. The summed E-state index contributed by atoms with van der Waals surface area (Å²) in [6.07, 6.45) is 6.04. The molecule has 4 nitrogen and oxygen atoms in total. The van der Waals surface area contributed by atoms with E-state index in [0.29, 0.717) is 17.5 Å². The fraction of sp³-hybridized carbons (Fsp3) is 0.0789. The molecule has 6 aromatic rings. The summed E-state index contributed by atoms with van der Waals surface area (Å²) < 4.78 is 6.65. The van der Waals surface area contributed by atoms with Crippen molar-refractivity contribution in [2.75, 3.05) is 0 Å². The van der Waals surface area contributed by atoms with Crippen LogP contribution >= 0.6 is 0 Å². The third kappa shape index (κ3) is 4.29. The number of rotatable bonds is 5. The van der Waals surface area contributed by atoms with Gasteiger partial charge < -0.3 is 4.74 Å². The summed E-state index contributed by atoms with van der Waals surface area (Å²) in [5.41, 5.74) is 4.36. The van der Waals surface area contributed by atoms with Crippen LogP contribution in [0.15, 0.2) is 145 Å². The van der Waals surface area contributed by atoms with E-state index in [1.807, 2.05) is 91.9 Å². The maximum Gasteiger partial charge on any atom is 0.163 e. The van der Waals surface area contributed by atoms with Crippen molar-refractivity contribution in [3.63, 3.8) is 0 Å². The smallest absolute Gasteiger partial charge is 0.163 e. The molecule has 7 rings (SSSR count). The van der Waals surface area contributed by atoms with Crippen LogP contribution < -0.4 is 4.74 Å². The zero-order valence-electron chi connectivity index (χ0n) is 23.5. The lowest BCUT2D eigenvalue weighted by Crippen LogP contribution is -2.28. The molecule has 0 radical (unpaired) electrons. The molecule has 1 unspecified atom stereocenters. The van der Waals surface area contributed by atoms with Gasteiger partial charge in [0.15, 0.2) is 17.5 Å². The average molecular weight is 544 g/mol. The van der Waals surface area contributed by atoms with Crippen LogP contribution in [0.3, 0.4) is 0 Å². The Kier molecular flexibility index (Phi) is 6.44. The van der Waals surface area contributed by atoms with Crippen LogP contribution in [0.5, 0.6) is 5.75 Å². The number of ether oxygens (including phenoxy) is 1. The third-order valence-electron chi connectivity index (χ3n) is 7.91. The predicted octanol–water partition coefficient (Wildman–Crippen LogP) is 9.18. The fourth-order valence-electron chi connectivity index (χ4n) is 5.80. The molecule has 0 saturated heterocycles. The summed E-state index contributed by atoms with van der Waals surface area (Å²) >= 11 is 0. The lowest BCUT2D eigenvalue weighted by Gasteiger charge is -2.26. The molecule has 0 amide bonds. The van der Waals surface area contributed by atoms with E-state index in [2.05, 4.69) is 61.5 Å². The zero-order chi connectivity index (χ0) is 28.5. The summed E-state index contributed by atoms with van der Waals surface area (Å²) in [5.74, 6) is 3.47. The monoisotopic (exact) mass is 543 g/mol. The van der Waals surface area contributed by atoms with Gasteiger partial charge in [0.1, 0.15) is 16.9 Å². The van der Waals surface area contributed by atoms with Gasteiger partial charge in [0, 0.05) is 16.7 Å². The van der Waals surface area contributed by atoms with E-state index in [1.165, 1.54) is 10.8 Å². The quantitative estimate of drug-likeness (QED) is 0.217. The largest absolute Gasteiger partial charge is 0.460 e. The lowest BCUT2D eigenvalue weighted by molar-refractivity contribution is 0.397. The molecule has 0 bridgehead atoms. The minimum Gasteiger partial charge on any atom is -0.460 e. The first-order valence-corrected chi connectivity index (χ1v) is 14.2. The van der Waals surface area contributed by atoms with E-state index >= 15 is 0 Å². The van der Waals surface area contributed by atoms with E-state index in [1.54, 1.807) is 0 Å². The van der Waals surface area contributed by atoms with Crippen molar-refractivity contribution in [1.82, 2.24) is 15.0 Å². The van der Waals surface area contributed by atoms with Crippen molar-refractivity contribution in [1.29, 1.82) is 0 Å². The Balaban J connectivity index is 1.54. The Morgan fingerprint density at radius 1 is 0.619 bits per heavy atom. The first-order chi connectivity index (χ1) is 20.7. The summed E-state index contributed by atoms with van der Waals surface area (Å²) in [6, 6.07) is 41.4. The first-order valence-electron chi connectivity index (χ1n) is 14.2. The van der Waals surface area contributed by atoms with E-state index < -0.39 is 5.41 Å². The minimum absolute atomic E-state index is 0.627. The highest BCUT2D eigenvalue weighted by Crippen LogP contribution is 2.53. The van der Waals surface area contributed by atoms with Crippen molar-refractivity contribution < 1.29 is 4.74 Å². The van der Waals surface area contributed by atoms with Gasteiger partial charge in [-0.25, -0.2) is 15.0 Å². The molecule has 4 heteroatoms. The highest BCUT2D eigenvalue weighted by molar-refractivity contribution is 5.98. The molecule has 1 aliphatic rings. The van der Waals surface area contributed by atoms with Gasteiger partial charge in [-0.1, -0.05) is 127 Å². The first kappa shape index (κ1) is 25.6. The number of nitrogens with zero attached hydrogens (tertiary/aromatic N) is 3. The van der Waals surface area contributed by atoms with Crippen molar-refractivity contribution in [3.8, 4) is 39.7 Å². The van der Waals surface area contributed by atoms with Gasteiger partial charge in [-0.15, -0.1) is 0 Å². The van der Waals surface area contributed by atoms with Crippen LogP contribution in [0, 0.1) is 0 Å². The number of allylic oxidation sites excluding steroid dienone is 4. The highest BCUT2D eigenvalue weighted by atomic mass is 16.5. The lowest BCUT2D eigenvalue weighted by atomic mass is 9.76. The van der Waals surface area contributed by atoms with Gasteiger partial charge >= 0.3 is 0 Å². The average Bonchev–Trinajstić information content (AvgIpc) is 3.36. The topological polar surface area (TPSA) is 47.9 Å². The molecular formula is C38H29N3O. The normalized spacial score (nSPS) is 17.0. The van der Waals surface area contributed by atoms with Crippen molar-refractivity contribution >= 4 is 10.8 Å². The molecule has 202 valence electrons.